The molecule has 0 amide bonds. The first-order chi connectivity index (χ1) is 16.7. The number of benzene rings is 1. The number of fused-ring (bicyclic) bond motifs is 2. The third kappa shape index (κ3) is 7.06. The summed E-state index contributed by atoms with van der Waals surface area (Å²) in [6, 6.07) is 1.24. The number of esters is 3. The van der Waals surface area contributed by atoms with Gasteiger partial charge in [0.2, 0.25) is 0 Å². The van der Waals surface area contributed by atoms with E-state index in [9.17, 15) is 19.2 Å². The van der Waals surface area contributed by atoms with E-state index < -0.39 is 37.2 Å². The fourth-order valence-corrected chi connectivity index (χ4v) is 3.63. The monoisotopic (exact) mass is 508 g/mol. The minimum atomic E-state index is -0.810. The van der Waals surface area contributed by atoms with Gasteiger partial charge in [0.25, 0.3) is 0 Å². The topological polar surface area (TPSA) is 127 Å². The van der Waals surface area contributed by atoms with Crippen molar-refractivity contribution in [3.05, 3.63) is 46.5 Å². The number of epoxide rings is 1. The van der Waals surface area contributed by atoms with Gasteiger partial charge in [-0.15, -0.1) is 0 Å². The van der Waals surface area contributed by atoms with Crippen molar-refractivity contribution in [1.82, 2.24) is 0 Å². The standard InChI is InChI=1S/C24H25ClO10/c1-13-8-17-16(35-17)7-5-4-6-14(26)9-15-22(24(29)34-13)18(32-11-20(27)30-2)10-19(23(15)25)33-12-21(28)31-3/h4-7,10,13,16-17H,8-9,11-12H2,1-3H3/b6-4+,7-5-/t13-,16+,17+/m1/s1. The molecule has 0 radical (unpaired) electrons. The lowest BCUT2D eigenvalue weighted by Crippen LogP contribution is -2.22. The first-order valence-electron chi connectivity index (χ1n) is 10.7. The van der Waals surface area contributed by atoms with Crippen LogP contribution in [0.4, 0.5) is 0 Å². The molecule has 2 aliphatic rings. The number of methoxy groups -OCH3 is 2. The summed E-state index contributed by atoms with van der Waals surface area (Å²) in [5, 5.41) is -0.0890. The Morgan fingerprint density at radius 2 is 1.71 bits per heavy atom. The number of hydrogen-bond acceptors (Lipinski definition) is 10. The predicted octanol–water partition coefficient (Wildman–Crippen LogP) is 2.38. The lowest BCUT2D eigenvalue weighted by atomic mass is 9.99. The van der Waals surface area contributed by atoms with Crippen LogP contribution in [0, 0.1) is 0 Å². The Hall–Kier alpha value is -3.37. The highest BCUT2D eigenvalue weighted by atomic mass is 35.5. The van der Waals surface area contributed by atoms with E-state index in [4.69, 9.17) is 30.5 Å². The van der Waals surface area contributed by atoms with Gasteiger partial charge in [0.15, 0.2) is 19.0 Å². The lowest BCUT2D eigenvalue weighted by Gasteiger charge is -2.20. The van der Waals surface area contributed by atoms with Crippen LogP contribution in [0.25, 0.3) is 0 Å². The molecular formula is C24H25ClO10. The van der Waals surface area contributed by atoms with Crippen LogP contribution < -0.4 is 9.47 Å². The average molecular weight is 509 g/mol. The van der Waals surface area contributed by atoms with Crippen molar-refractivity contribution < 1.29 is 47.6 Å². The molecule has 10 nitrogen and oxygen atoms in total. The van der Waals surface area contributed by atoms with Gasteiger partial charge in [0.05, 0.1) is 25.3 Å². The molecule has 3 rings (SSSR count). The normalized spacial score (nSPS) is 23.5. The number of allylic oxidation sites excluding steroid dienone is 3. The SMILES string of the molecule is COC(=O)COc1cc(OCC(=O)OC)c2c(c1Cl)CC(=O)/C=C/C=C\[C@@H]1O[C@H]1C[C@@H](C)OC2=O. The van der Waals surface area contributed by atoms with Gasteiger partial charge in [-0.05, 0) is 13.0 Å². The third-order valence-corrected chi connectivity index (χ3v) is 5.60. The third-order valence-electron chi connectivity index (χ3n) is 5.18. The largest absolute Gasteiger partial charge is 0.481 e. The molecule has 0 saturated carbocycles. The molecule has 3 atom stereocenters. The summed E-state index contributed by atoms with van der Waals surface area (Å²) in [7, 11) is 2.37. The van der Waals surface area contributed by atoms with Crippen LogP contribution in [-0.4, -0.2) is 69.4 Å². The van der Waals surface area contributed by atoms with Crippen LogP contribution in [-0.2, 0) is 39.8 Å². The predicted molar refractivity (Wildman–Crippen MR) is 122 cm³/mol. The first-order valence-corrected chi connectivity index (χ1v) is 11.1. The molecule has 1 aromatic rings. The molecule has 11 heteroatoms. The maximum absolute atomic E-state index is 13.2. The van der Waals surface area contributed by atoms with Crippen molar-refractivity contribution in [3.8, 4) is 11.5 Å². The zero-order valence-corrected chi connectivity index (χ0v) is 20.2. The van der Waals surface area contributed by atoms with E-state index in [1.54, 1.807) is 19.1 Å². The van der Waals surface area contributed by atoms with Crippen LogP contribution >= 0.6 is 11.6 Å². The van der Waals surface area contributed by atoms with Crippen molar-refractivity contribution in [2.75, 3.05) is 27.4 Å². The van der Waals surface area contributed by atoms with E-state index in [1.165, 1.54) is 26.4 Å². The molecule has 0 N–H and O–H groups in total. The summed E-state index contributed by atoms with van der Waals surface area (Å²) in [5.41, 5.74) is -0.0823. The number of ketones is 1. The summed E-state index contributed by atoms with van der Waals surface area (Å²) >= 11 is 6.52. The summed E-state index contributed by atoms with van der Waals surface area (Å²) < 4.78 is 31.3. The number of carbonyl (C=O) groups is 4. The number of ether oxygens (including phenoxy) is 6. The Labute approximate surface area is 206 Å². The summed E-state index contributed by atoms with van der Waals surface area (Å²) in [4.78, 5) is 49.2. The fraction of sp³-hybridized carbons (Fsp3) is 0.417. The van der Waals surface area contributed by atoms with Crippen LogP contribution in [0.3, 0.4) is 0 Å². The van der Waals surface area contributed by atoms with Gasteiger partial charge in [-0.2, -0.15) is 0 Å². The highest BCUT2D eigenvalue weighted by Gasteiger charge is 2.38. The first kappa shape index (κ1) is 26.2. The minimum absolute atomic E-state index is 0.0523. The van der Waals surface area contributed by atoms with Crippen molar-refractivity contribution in [1.29, 1.82) is 0 Å². The molecule has 188 valence electrons. The second-order valence-corrected chi connectivity index (χ2v) is 8.13. The maximum Gasteiger partial charge on any atom is 0.343 e. The van der Waals surface area contributed by atoms with Crippen LogP contribution in [0.2, 0.25) is 5.02 Å². The summed E-state index contributed by atoms with van der Waals surface area (Å²) in [6.45, 7) is 0.676. The van der Waals surface area contributed by atoms with Gasteiger partial charge in [-0.3, -0.25) is 4.79 Å². The van der Waals surface area contributed by atoms with E-state index in [2.05, 4.69) is 9.47 Å². The summed E-state index contributed by atoms with van der Waals surface area (Å²) in [5.74, 6) is -2.77. The number of halogens is 1. The average Bonchev–Trinajstić information content (AvgIpc) is 3.56. The van der Waals surface area contributed by atoms with Crippen molar-refractivity contribution >= 4 is 35.3 Å². The van der Waals surface area contributed by atoms with E-state index in [-0.39, 0.29) is 52.1 Å². The molecule has 1 fully saturated rings. The van der Waals surface area contributed by atoms with E-state index in [0.29, 0.717) is 6.42 Å². The Morgan fingerprint density at radius 1 is 1.06 bits per heavy atom. The van der Waals surface area contributed by atoms with Gasteiger partial charge < -0.3 is 28.4 Å². The molecule has 0 unspecified atom stereocenters. The molecule has 1 saturated heterocycles. The Morgan fingerprint density at radius 3 is 2.37 bits per heavy atom. The molecule has 0 bridgehead atoms. The highest BCUT2D eigenvalue weighted by molar-refractivity contribution is 6.33. The number of rotatable bonds is 6. The molecule has 35 heavy (non-hydrogen) atoms. The number of hydrogen-bond donors (Lipinski definition) is 0. The van der Waals surface area contributed by atoms with E-state index in [0.717, 1.165) is 0 Å². The van der Waals surface area contributed by atoms with Crippen molar-refractivity contribution in [2.45, 2.75) is 38.1 Å². The second-order valence-electron chi connectivity index (χ2n) is 7.75. The second kappa shape index (κ2) is 11.9. The van der Waals surface area contributed by atoms with Gasteiger partial charge >= 0.3 is 17.9 Å². The molecule has 1 aromatic carbocycles. The molecule has 2 aliphatic heterocycles. The molecule has 2 heterocycles. The van der Waals surface area contributed by atoms with Crippen molar-refractivity contribution in [3.63, 3.8) is 0 Å². The maximum atomic E-state index is 13.2. The van der Waals surface area contributed by atoms with Gasteiger partial charge in [0.1, 0.15) is 29.3 Å². The highest BCUT2D eigenvalue weighted by Crippen LogP contribution is 2.39. The van der Waals surface area contributed by atoms with E-state index in [1.807, 2.05) is 6.08 Å². The van der Waals surface area contributed by atoms with Gasteiger partial charge in [-0.1, -0.05) is 29.8 Å². The number of cyclic esters (lactones) is 1. The van der Waals surface area contributed by atoms with Gasteiger partial charge in [-0.25, -0.2) is 14.4 Å². The Balaban J connectivity index is 2.07. The Kier molecular flexibility index (Phi) is 8.89. The Bertz CT molecular complexity index is 1060. The molecular weight excluding hydrogens is 484 g/mol. The zero-order chi connectivity index (χ0) is 25.5. The zero-order valence-electron chi connectivity index (χ0n) is 19.4. The lowest BCUT2D eigenvalue weighted by molar-refractivity contribution is -0.143. The minimum Gasteiger partial charge on any atom is -0.481 e. The number of carbonyl (C=O) groups excluding carboxylic acids is 4. The fourth-order valence-electron chi connectivity index (χ4n) is 3.36. The van der Waals surface area contributed by atoms with Crippen molar-refractivity contribution in [2.24, 2.45) is 0 Å². The van der Waals surface area contributed by atoms with Crippen LogP contribution in [0.1, 0.15) is 29.3 Å². The van der Waals surface area contributed by atoms with Gasteiger partial charge in [0, 0.05) is 24.5 Å². The molecule has 0 spiro atoms. The van der Waals surface area contributed by atoms with E-state index >= 15 is 0 Å². The summed E-state index contributed by atoms with van der Waals surface area (Å²) in [6.07, 6.45) is 5.78. The quantitative estimate of drug-likeness (QED) is 0.321. The molecule has 0 aromatic heterocycles. The van der Waals surface area contributed by atoms with Crippen LogP contribution in [0.15, 0.2) is 30.4 Å². The molecule has 0 aliphatic carbocycles. The van der Waals surface area contributed by atoms with Crippen LogP contribution in [0.5, 0.6) is 11.5 Å². The smallest absolute Gasteiger partial charge is 0.343 e.